The molecule has 0 spiro atoms. The van der Waals surface area contributed by atoms with Crippen LogP contribution in [0.4, 0.5) is 10.1 Å². The van der Waals surface area contributed by atoms with Crippen molar-refractivity contribution in [3.05, 3.63) is 57.6 Å². The third-order valence-corrected chi connectivity index (χ3v) is 3.77. The number of pyridine rings is 1. The minimum Gasteiger partial charge on any atom is -0.324 e. The van der Waals surface area contributed by atoms with Gasteiger partial charge in [0.15, 0.2) is 5.82 Å². The summed E-state index contributed by atoms with van der Waals surface area (Å²) in [6, 6.07) is 4.44. The predicted octanol–water partition coefficient (Wildman–Crippen LogP) is 3.04. The fourth-order valence-electron chi connectivity index (χ4n) is 1.79. The summed E-state index contributed by atoms with van der Waals surface area (Å²) in [6.45, 7) is 1.48. The molecule has 0 radical (unpaired) electrons. The fourth-order valence-corrected chi connectivity index (χ4v) is 2.20. The predicted molar refractivity (Wildman–Crippen MR) is 86.4 cm³/mol. The monoisotopic (exact) mass is 355 g/mol. The van der Waals surface area contributed by atoms with Crippen molar-refractivity contribution < 1.29 is 14.0 Å². The normalized spacial score (nSPS) is 11.9. The molecule has 0 bridgehead atoms. The number of nitrogens with two attached hydrogens (primary N) is 1. The second-order valence-corrected chi connectivity index (χ2v) is 5.51. The zero-order chi connectivity index (χ0) is 17.1. The number of hydrogen-bond donors (Lipinski definition) is 2. The van der Waals surface area contributed by atoms with Gasteiger partial charge < -0.3 is 11.1 Å². The van der Waals surface area contributed by atoms with Gasteiger partial charge in [-0.3, -0.25) is 9.59 Å². The molecule has 1 aromatic heterocycles. The number of hydrogen-bond acceptors (Lipinski definition) is 4. The van der Waals surface area contributed by atoms with E-state index in [1.54, 1.807) is 0 Å². The summed E-state index contributed by atoms with van der Waals surface area (Å²) in [5.41, 5.74) is 4.99. The maximum Gasteiger partial charge on any atom is 0.241 e. The Morgan fingerprint density at radius 1 is 1.30 bits per heavy atom. The smallest absolute Gasteiger partial charge is 0.241 e. The standard InChI is InChI=1S/C15H12Cl2FN3O2/c1-7(19)15(23)21-10-5-4-8(16)12(17)11(10)14(22)13-9(18)3-2-6-20-13/h2-7H,19H2,1H3,(H,21,23)/t7-/m0/s1. The zero-order valence-corrected chi connectivity index (χ0v) is 13.5. The van der Waals surface area contributed by atoms with Crippen molar-refractivity contribution in [2.75, 3.05) is 5.32 Å². The summed E-state index contributed by atoms with van der Waals surface area (Å²) < 4.78 is 13.8. The van der Waals surface area contributed by atoms with E-state index in [0.29, 0.717) is 0 Å². The number of nitrogens with zero attached hydrogens (tertiary/aromatic N) is 1. The molecule has 2 aromatic rings. The van der Waals surface area contributed by atoms with Crippen molar-refractivity contribution in [3.63, 3.8) is 0 Å². The van der Waals surface area contributed by atoms with Gasteiger partial charge in [-0.25, -0.2) is 9.37 Å². The fraction of sp³-hybridized carbons (Fsp3) is 0.133. The molecule has 1 amide bonds. The van der Waals surface area contributed by atoms with Gasteiger partial charge in [-0.1, -0.05) is 23.2 Å². The SMILES string of the molecule is C[C@H](N)C(=O)Nc1ccc(Cl)c(Cl)c1C(=O)c1ncccc1F. The molecule has 0 aliphatic rings. The number of carbonyl (C=O) groups excluding carboxylic acids is 2. The van der Waals surface area contributed by atoms with E-state index in [2.05, 4.69) is 10.3 Å². The van der Waals surface area contributed by atoms with Crippen LogP contribution >= 0.6 is 23.2 Å². The Labute approximate surface area is 141 Å². The van der Waals surface area contributed by atoms with Gasteiger partial charge in [0.2, 0.25) is 11.7 Å². The minimum atomic E-state index is -0.807. The van der Waals surface area contributed by atoms with Crippen LogP contribution in [0.25, 0.3) is 0 Å². The summed E-state index contributed by atoms with van der Waals surface area (Å²) in [7, 11) is 0. The lowest BCUT2D eigenvalue weighted by Crippen LogP contribution is -2.33. The van der Waals surface area contributed by atoms with E-state index in [-0.39, 0.29) is 21.3 Å². The average molecular weight is 356 g/mol. The highest BCUT2D eigenvalue weighted by Crippen LogP contribution is 2.33. The van der Waals surface area contributed by atoms with E-state index in [9.17, 15) is 14.0 Å². The molecule has 0 saturated carbocycles. The topological polar surface area (TPSA) is 85.1 Å². The minimum absolute atomic E-state index is 0.0803. The number of amides is 1. The van der Waals surface area contributed by atoms with Crippen molar-refractivity contribution in [2.45, 2.75) is 13.0 Å². The van der Waals surface area contributed by atoms with Crippen LogP contribution in [0.1, 0.15) is 23.0 Å². The highest BCUT2D eigenvalue weighted by atomic mass is 35.5. The Hall–Kier alpha value is -2.02. The molecule has 3 N–H and O–H groups in total. The first-order valence-corrected chi connectivity index (χ1v) is 7.28. The first kappa shape index (κ1) is 17.3. The van der Waals surface area contributed by atoms with Crippen LogP contribution in [0, 0.1) is 5.82 Å². The molecule has 0 saturated heterocycles. The Morgan fingerprint density at radius 3 is 2.61 bits per heavy atom. The third-order valence-electron chi connectivity index (χ3n) is 2.97. The summed E-state index contributed by atoms with van der Waals surface area (Å²) in [6.07, 6.45) is 1.27. The molecule has 1 heterocycles. The van der Waals surface area contributed by atoms with Gasteiger partial charge >= 0.3 is 0 Å². The number of rotatable bonds is 4. The van der Waals surface area contributed by atoms with Crippen LogP contribution in [0.5, 0.6) is 0 Å². The van der Waals surface area contributed by atoms with Gasteiger partial charge in [0.1, 0.15) is 5.69 Å². The largest absolute Gasteiger partial charge is 0.324 e. The van der Waals surface area contributed by atoms with Crippen molar-refractivity contribution in [1.82, 2.24) is 4.98 Å². The number of benzene rings is 1. The van der Waals surface area contributed by atoms with Crippen LogP contribution < -0.4 is 11.1 Å². The van der Waals surface area contributed by atoms with Crippen LogP contribution in [-0.4, -0.2) is 22.7 Å². The quantitative estimate of drug-likeness (QED) is 0.825. The summed E-state index contributed by atoms with van der Waals surface area (Å²) in [4.78, 5) is 28.1. The van der Waals surface area contributed by atoms with E-state index < -0.39 is 29.2 Å². The molecule has 1 aromatic carbocycles. The second kappa shape index (κ2) is 7.04. The Bertz CT molecular complexity index is 781. The molecule has 0 unspecified atom stereocenters. The van der Waals surface area contributed by atoms with Crippen molar-refractivity contribution >= 4 is 40.6 Å². The van der Waals surface area contributed by atoms with E-state index in [1.807, 2.05) is 0 Å². The van der Waals surface area contributed by atoms with E-state index >= 15 is 0 Å². The van der Waals surface area contributed by atoms with Crippen LogP contribution in [0.15, 0.2) is 30.5 Å². The lowest BCUT2D eigenvalue weighted by atomic mass is 10.0. The van der Waals surface area contributed by atoms with Crippen LogP contribution in [-0.2, 0) is 4.79 Å². The highest BCUT2D eigenvalue weighted by molar-refractivity contribution is 6.45. The van der Waals surface area contributed by atoms with Gasteiger partial charge in [0.25, 0.3) is 0 Å². The number of carbonyl (C=O) groups is 2. The van der Waals surface area contributed by atoms with Gasteiger partial charge in [0.05, 0.1) is 27.3 Å². The number of halogens is 3. The molecule has 8 heteroatoms. The van der Waals surface area contributed by atoms with Gasteiger partial charge in [-0.05, 0) is 31.2 Å². The number of anilines is 1. The molecule has 120 valence electrons. The number of ketones is 1. The van der Waals surface area contributed by atoms with Crippen molar-refractivity contribution in [3.8, 4) is 0 Å². The molecule has 1 atom stereocenters. The number of aromatic nitrogens is 1. The van der Waals surface area contributed by atoms with Crippen LogP contribution in [0.3, 0.4) is 0 Å². The second-order valence-electron chi connectivity index (χ2n) is 4.72. The molecule has 23 heavy (non-hydrogen) atoms. The Balaban J connectivity index is 2.56. The Kier molecular flexibility index (Phi) is 5.30. The first-order valence-electron chi connectivity index (χ1n) is 6.52. The molecular weight excluding hydrogens is 344 g/mol. The summed E-state index contributed by atoms with van der Waals surface area (Å²) in [5, 5.41) is 2.45. The van der Waals surface area contributed by atoms with E-state index in [0.717, 1.165) is 6.07 Å². The van der Waals surface area contributed by atoms with Gasteiger partial charge in [-0.2, -0.15) is 0 Å². The zero-order valence-electron chi connectivity index (χ0n) is 11.9. The molecule has 0 aliphatic heterocycles. The molecule has 0 fully saturated rings. The number of nitrogens with one attached hydrogen (secondary N) is 1. The molecule has 0 aliphatic carbocycles. The van der Waals surface area contributed by atoms with Gasteiger partial charge in [0, 0.05) is 6.20 Å². The van der Waals surface area contributed by atoms with Gasteiger partial charge in [-0.15, -0.1) is 0 Å². The summed E-state index contributed by atoms with van der Waals surface area (Å²) in [5.74, 6) is -2.13. The third kappa shape index (κ3) is 3.67. The van der Waals surface area contributed by atoms with Crippen molar-refractivity contribution in [2.24, 2.45) is 5.73 Å². The molecule has 5 nitrogen and oxygen atoms in total. The maximum atomic E-state index is 13.8. The first-order chi connectivity index (χ1) is 10.8. The molecular formula is C15H12Cl2FN3O2. The van der Waals surface area contributed by atoms with E-state index in [1.165, 1.54) is 31.3 Å². The lowest BCUT2D eigenvalue weighted by Gasteiger charge is -2.14. The lowest BCUT2D eigenvalue weighted by molar-refractivity contribution is -0.117. The van der Waals surface area contributed by atoms with Crippen LogP contribution in [0.2, 0.25) is 10.0 Å². The molecule has 2 rings (SSSR count). The average Bonchev–Trinajstić information content (AvgIpc) is 2.51. The van der Waals surface area contributed by atoms with E-state index in [4.69, 9.17) is 28.9 Å². The Morgan fingerprint density at radius 2 is 2.00 bits per heavy atom. The van der Waals surface area contributed by atoms with Crippen molar-refractivity contribution in [1.29, 1.82) is 0 Å². The maximum absolute atomic E-state index is 13.8. The highest BCUT2D eigenvalue weighted by Gasteiger charge is 2.24. The summed E-state index contributed by atoms with van der Waals surface area (Å²) >= 11 is 12.0.